The Balaban J connectivity index is 1.25. The van der Waals surface area contributed by atoms with Gasteiger partial charge in [0.15, 0.2) is 0 Å². The quantitative estimate of drug-likeness (QED) is 0.707. The smallest absolute Gasteiger partial charge is 0.368 e. The van der Waals surface area contributed by atoms with Crippen molar-refractivity contribution in [1.29, 1.82) is 0 Å². The van der Waals surface area contributed by atoms with Gasteiger partial charge in [-0.15, -0.1) is 0 Å². The van der Waals surface area contributed by atoms with Gasteiger partial charge < -0.3 is 15.1 Å². The number of nitrogens with one attached hydrogen (secondary N) is 1. The Hall–Kier alpha value is -2.46. The number of carbonyl (C=O) groups excluding carboxylic acids is 1. The molecule has 1 amide bonds. The van der Waals surface area contributed by atoms with Crippen LogP contribution in [-0.2, 0) is 11.0 Å². The first kappa shape index (κ1) is 22.3. The predicted molar refractivity (Wildman–Crippen MR) is 117 cm³/mol. The van der Waals surface area contributed by atoms with Gasteiger partial charge >= 0.3 is 6.18 Å². The second-order valence-corrected chi connectivity index (χ2v) is 9.09. The van der Waals surface area contributed by atoms with Gasteiger partial charge in [0, 0.05) is 56.4 Å². The van der Waals surface area contributed by atoms with Gasteiger partial charge in [0.1, 0.15) is 11.9 Å². The van der Waals surface area contributed by atoms with Crippen molar-refractivity contribution in [3.63, 3.8) is 0 Å². The molecule has 6 nitrogen and oxygen atoms in total. The number of aromatic nitrogens is 1. The highest BCUT2D eigenvalue weighted by Gasteiger charge is 2.38. The maximum Gasteiger partial charge on any atom is 0.433 e. The minimum Gasteiger partial charge on any atom is -0.368 e. The standard InChI is InChI=1S/C23H27F4N5O/c24-15-5-6-32(14-15)22(33)19-11-16(13-28-19)30-7-9-31(10-8-30)20-12-21(23(25,26)27)29-18-4-2-1-3-17(18)20/h1-4,12,15-16,19,28H,5-11,13-14H2/t15-,16-,19-/m0/s1. The lowest BCUT2D eigenvalue weighted by molar-refractivity contribution is -0.141. The summed E-state index contributed by atoms with van der Waals surface area (Å²) in [7, 11) is 0. The zero-order valence-electron chi connectivity index (χ0n) is 18.2. The fourth-order valence-electron chi connectivity index (χ4n) is 5.21. The fourth-order valence-corrected chi connectivity index (χ4v) is 5.21. The van der Waals surface area contributed by atoms with Crippen molar-refractivity contribution in [1.82, 2.24) is 20.1 Å². The second kappa shape index (κ2) is 8.72. The minimum absolute atomic E-state index is 0.0285. The Bertz CT molecular complexity index is 1020. The molecule has 3 atom stereocenters. The maximum atomic E-state index is 13.5. The third-order valence-electron chi connectivity index (χ3n) is 7.00. The topological polar surface area (TPSA) is 51.7 Å². The molecule has 1 N–H and O–H groups in total. The average molecular weight is 465 g/mol. The number of likely N-dealkylation sites (tertiary alicyclic amines) is 1. The van der Waals surface area contributed by atoms with E-state index in [1.54, 1.807) is 17.0 Å². The lowest BCUT2D eigenvalue weighted by Crippen LogP contribution is -2.51. The van der Waals surface area contributed by atoms with Crippen molar-refractivity contribution in [2.24, 2.45) is 0 Å². The number of rotatable bonds is 3. The van der Waals surface area contributed by atoms with Crippen LogP contribution in [0.15, 0.2) is 30.3 Å². The third-order valence-corrected chi connectivity index (χ3v) is 7.00. The van der Waals surface area contributed by atoms with E-state index in [4.69, 9.17) is 0 Å². The lowest BCUT2D eigenvalue weighted by atomic mass is 10.1. The zero-order valence-corrected chi connectivity index (χ0v) is 18.2. The number of benzene rings is 1. The highest BCUT2D eigenvalue weighted by Crippen LogP contribution is 2.35. The largest absolute Gasteiger partial charge is 0.433 e. The van der Waals surface area contributed by atoms with Gasteiger partial charge in [0.25, 0.3) is 0 Å². The van der Waals surface area contributed by atoms with Gasteiger partial charge in [-0.3, -0.25) is 9.69 Å². The van der Waals surface area contributed by atoms with Crippen molar-refractivity contribution >= 4 is 22.5 Å². The molecule has 3 aliphatic rings. The molecule has 5 rings (SSSR count). The molecule has 3 fully saturated rings. The Morgan fingerprint density at radius 2 is 1.85 bits per heavy atom. The van der Waals surface area contributed by atoms with Crippen molar-refractivity contribution in [2.45, 2.75) is 37.3 Å². The first-order chi connectivity index (χ1) is 15.8. The van der Waals surface area contributed by atoms with Crippen molar-refractivity contribution < 1.29 is 22.4 Å². The van der Waals surface area contributed by atoms with Crippen LogP contribution in [0.5, 0.6) is 0 Å². The summed E-state index contributed by atoms with van der Waals surface area (Å²) in [6.07, 6.45) is -4.36. The summed E-state index contributed by atoms with van der Waals surface area (Å²) in [5, 5.41) is 4.00. The summed E-state index contributed by atoms with van der Waals surface area (Å²) in [6, 6.07) is 7.96. The van der Waals surface area contributed by atoms with E-state index in [0.29, 0.717) is 68.7 Å². The first-order valence-corrected chi connectivity index (χ1v) is 11.4. The van der Waals surface area contributed by atoms with E-state index in [-0.39, 0.29) is 24.5 Å². The van der Waals surface area contributed by atoms with Crippen LogP contribution < -0.4 is 10.2 Å². The van der Waals surface area contributed by atoms with Crippen LogP contribution in [-0.4, -0.2) is 84.8 Å². The molecular weight excluding hydrogens is 438 g/mol. The number of pyridine rings is 1. The van der Waals surface area contributed by atoms with Crippen LogP contribution >= 0.6 is 0 Å². The van der Waals surface area contributed by atoms with E-state index in [0.717, 1.165) is 6.07 Å². The number of fused-ring (bicyclic) bond motifs is 1. The van der Waals surface area contributed by atoms with E-state index >= 15 is 0 Å². The Morgan fingerprint density at radius 1 is 1.09 bits per heavy atom. The summed E-state index contributed by atoms with van der Waals surface area (Å²) in [5.74, 6) is -0.0285. The molecule has 0 saturated carbocycles. The fraction of sp³-hybridized carbons (Fsp3) is 0.565. The number of piperazine rings is 1. The molecule has 1 aromatic heterocycles. The molecule has 0 aliphatic carbocycles. The Kier molecular flexibility index (Phi) is 5.90. The molecule has 3 saturated heterocycles. The van der Waals surface area contributed by atoms with E-state index in [9.17, 15) is 22.4 Å². The summed E-state index contributed by atoms with van der Waals surface area (Å²) < 4.78 is 53.7. The maximum absolute atomic E-state index is 13.5. The lowest BCUT2D eigenvalue weighted by Gasteiger charge is -2.39. The van der Waals surface area contributed by atoms with Crippen LogP contribution in [0.25, 0.3) is 10.9 Å². The SMILES string of the molecule is O=C([C@@H]1C[C@H](N2CCN(c3cc(C(F)(F)F)nc4ccccc34)CC2)CN1)N1CC[C@H](F)C1. The molecular formula is C23H27F4N5O. The summed E-state index contributed by atoms with van der Waals surface area (Å²) >= 11 is 0. The van der Waals surface area contributed by atoms with E-state index in [1.807, 2.05) is 17.0 Å². The first-order valence-electron chi connectivity index (χ1n) is 11.4. The van der Waals surface area contributed by atoms with Gasteiger partial charge in [-0.25, -0.2) is 9.37 Å². The number of carbonyl (C=O) groups is 1. The number of nitrogens with zero attached hydrogens (tertiary/aromatic N) is 4. The van der Waals surface area contributed by atoms with Crippen LogP contribution in [0.2, 0.25) is 0 Å². The number of alkyl halides is 4. The normalized spacial score (nSPS) is 27.0. The molecule has 3 aliphatic heterocycles. The average Bonchev–Trinajstić information content (AvgIpc) is 3.47. The zero-order chi connectivity index (χ0) is 23.2. The highest BCUT2D eigenvalue weighted by atomic mass is 19.4. The third kappa shape index (κ3) is 4.50. The summed E-state index contributed by atoms with van der Waals surface area (Å²) in [6.45, 7) is 3.91. The van der Waals surface area contributed by atoms with Gasteiger partial charge in [-0.05, 0) is 25.0 Å². The van der Waals surface area contributed by atoms with E-state index in [2.05, 4.69) is 15.2 Å². The molecule has 4 heterocycles. The number of para-hydroxylation sites is 1. The monoisotopic (exact) mass is 465 g/mol. The summed E-state index contributed by atoms with van der Waals surface area (Å²) in [5.41, 5.74) is 0.0147. The van der Waals surface area contributed by atoms with Crippen LogP contribution in [0.3, 0.4) is 0 Å². The molecule has 0 bridgehead atoms. The van der Waals surface area contributed by atoms with Crippen molar-refractivity contribution in [2.75, 3.05) is 50.7 Å². The molecule has 33 heavy (non-hydrogen) atoms. The minimum atomic E-state index is -4.50. The van der Waals surface area contributed by atoms with Crippen LogP contribution in [0.1, 0.15) is 18.5 Å². The number of halogens is 4. The van der Waals surface area contributed by atoms with Crippen LogP contribution in [0.4, 0.5) is 23.2 Å². The van der Waals surface area contributed by atoms with E-state index in [1.165, 1.54) is 0 Å². The van der Waals surface area contributed by atoms with Crippen molar-refractivity contribution in [3.05, 3.63) is 36.0 Å². The molecule has 0 spiro atoms. The van der Waals surface area contributed by atoms with Gasteiger partial charge in [-0.1, -0.05) is 18.2 Å². The number of hydrogen-bond donors (Lipinski definition) is 1. The Labute approximate surface area is 189 Å². The molecule has 2 aromatic rings. The van der Waals surface area contributed by atoms with Gasteiger partial charge in [0.2, 0.25) is 5.91 Å². The molecule has 1 aromatic carbocycles. The van der Waals surface area contributed by atoms with Gasteiger partial charge in [-0.2, -0.15) is 13.2 Å². The number of amides is 1. The predicted octanol–water partition coefficient (Wildman–Crippen LogP) is 2.68. The highest BCUT2D eigenvalue weighted by molar-refractivity contribution is 5.92. The molecule has 178 valence electrons. The summed E-state index contributed by atoms with van der Waals surface area (Å²) in [4.78, 5) is 22.4. The van der Waals surface area contributed by atoms with Crippen LogP contribution in [0, 0.1) is 0 Å². The van der Waals surface area contributed by atoms with E-state index < -0.39 is 18.0 Å². The molecule has 0 radical (unpaired) electrons. The molecule has 0 unspecified atom stereocenters. The number of anilines is 1. The number of hydrogen-bond acceptors (Lipinski definition) is 5. The van der Waals surface area contributed by atoms with Gasteiger partial charge in [0.05, 0.1) is 18.1 Å². The second-order valence-electron chi connectivity index (χ2n) is 9.09. The molecule has 10 heteroatoms. The Morgan fingerprint density at radius 3 is 2.55 bits per heavy atom. The van der Waals surface area contributed by atoms with Crippen molar-refractivity contribution in [3.8, 4) is 0 Å².